The van der Waals surface area contributed by atoms with E-state index in [0.717, 1.165) is 19.4 Å². The van der Waals surface area contributed by atoms with E-state index in [-0.39, 0.29) is 17.1 Å². The molecule has 0 saturated carbocycles. The first-order valence-corrected chi connectivity index (χ1v) is 6.35. The van der Waals surface area contributed by atoms with Crippen molar-refractivity contribution >= 4 is 17.5 Å². The number of halogens is 1. The molecule has 2 heterocycles. The summed E-state index contributed by atoms with van der Waals surface area (Å²) in [6.45, 7) is 2.88. The molecule has 1 aliphatic heterocycles. The number of hydrogen-bond donors (Lipinski definition) is 0. The maximum atomic E-state index is 12.3. The molecule has 2 rings (SSSR count). The predicted octanol–water partition coefficient (Wildman–Crippen LogP) is 2.53. The van der Waals surface area contributed by atoms with E-state index in [0.29, 0.717) is 5.69 Å². The lowest BCUT2D eigenvalue weighted by molar-refractivity contribution is 0.0691. The minimum Gasteiger partial charge on any atom is -0.335 e. The van der Waals surface area contributed by atoms with Crippen molar-refractivity contribution in [2.45, 2.75) is 38.6 Å². The number of carbonyl (C=O) groups is 1. The number of carbonyl (C=O) groups excluding carboxylic acids is 1. The van der Waals surface area contributed by atoms with Gasteiger partial charge in [-0.3, -0.25) is 9.78 Å². The first-order valence-electron chi connectivity index (χ1n) is 5.97. The molecule has 0 aliphatic carbocycles. The van der Waals surface area contributed by atoms with Crippen LogP contribution in [0.4, 0.5) is 0 Å². The average molecular weight is 254 g/mol. The highest BCUT2D eigenvalue weighted by Crippen LogP contribution is 2.18. The van der Waals surface area contributed by atoms with Crippen LogP contribution < -0.4 is 0 Å². The Labute approximate surface area is 106 Å². The minimum atomic E-state index is -0.0607. The van der Waals surface area contributed by atoms with Gasteiger partial charge in [-0.25, -0.2) is 4.98 Å². The molecule has 1 atom stereocenters. The quantitative estimate of drug-likeness (QED) is 0.773. The zero-order valence-corrected chi connectivity index (χ0v) is 10.7. The summed E-state index contributed by atoms with van der Waals surface area (Å²) < 4.78 is 0. The van der Waals surface area contributed by atoms with Crippen LogP contribution in [0, 0.1) is 0 Å². The molecule has 4 nitrogen and oxygen atoms in total. The zero-order valence-electron chi connectivity index (χ0n) is 9.90. The van der Waals surface area contributed by atoms with Crippen LogP contribution in [-0.2, 0) is 0 Å². The third-order valence-electron chi connectivity index (χ3n) is 3.14. The highest BCUT2D eigenvalue weighted by atomic mass is 35.5. The van der Waals surface area contributed by atoms with E-state index >= 15 is 0 Å². The Balaban J connectivity index is 2.18. The Bertz CT molecular complexity index is 410. The van der Waals surface area contributed by atoms with Gasteiger partial charge in [0.2, 0.25) is 0 Å². The van der Waals surface area contributed by atoms with Gasteiger partial charge in [0.25, 0.3) is 5.91 Å². The fraction of sp³-hybridized carbons (Fsp3) is 0.583. The first-order chi connectivity index (χ1) is 8.18. The molecule has 1 unspecified atom stereocenters. The van der Waals surface area contributed by atoms with Crippen LogP contribution in [-0.4, -0.2) is 33.4 Å². The molecule has 0 N–H and O–H groups in total. The molecule has 1 amide bonds. The van der Waals surface area contributed by atoms with E-state index in [4.69, 9.17) is 11.6 Å². The smallest absolute Gasteiger partial charge is 0.274 e. The summed E-state index contributed by atoms with van der Waals surface area (Å²) in [5.74, 6) is -0.0607. The maximum Gasteiger partial charge on any atom is 0.274 e. The third-order valence-corrected chi connectivity index (χ3v) is 3.32. The van der Waals surface area contributed by atoms with Gasteiger partial charge in [-0.2, -0.15) is 0 Å². The Hall–Kier alpha value is -1.16. The van der Waals surface area contributed by atoms with Gasteiger partial charge in [-0.1, -0.05) is 24.4 Å². The van der Waals surface area contributed by atoms with Crippen LogP contribution in [0.2, 0.25) is 5.15 Å². The van der Waals surface area contributed by atoms with Gasteiger partial charge in [0.05, 0.1) is 12.4 Å². The van der Waals surface area contributed by atoms with Crippen LogP contribution >= 0.6 is 11.6 Å². The SMILES string of the molecule is CC1CCCCCN1C(=O)c1cncc(Cl)n1. The van der Waals surface area contributed by atoms with Crippen LogP contribution in [0.15, 0.2) is 12.4 Å². The Kier molecular flexibility index (Phi) is 3.94. The zero-order chi connectivity index (χ0) is 12.3. The lowest BCUT2D eigenvalue weighted by Gasteiger charge is -2.26. The molecule has 17 heavy (non-hydrogen) atoms. The van der Waals surface area contributed by atoms with Crippen molar-refractivity contribution in [3.05, 3.63) is 23.2 Å². The molecular formula is C12H16ClN3O. The van der Waals surface area contributed by atoms with Crippen LogP contribution in [0.3, 0.4) is 0 Å². The van der Waals surface area contributed by atoms with E-state index in [9.17, 15) is 4.79 Å². The number of rotatable bonds is 1. The molecule has 1 aromatic rings. The molecule has 1 saturated heterocycles. The molecule has 0 bridgehead atoms. The van der Waals surface area contributed by atoms with Crippen LogP contribution in [0.25, 0.3) is 0 Å². The van der Waals surface area contributed by atoms with Crippen molar-refractivity contribution in [3.63, 3.8) is 0 Å². The minimum absolute atomic E-state index is 0.0607. The van der Waals surface area contributed by atoms with E-state index in [1.165, 1.54) is 25.2 Å². The molecule has 1 fully saturated rings. The van der Waals surface area contributed by atoms with Gasteiger partial charge in [-0.05, 0) is 19.8 Å². The number of aromatic nitrogens is 2. The summed E-state index contributed by atoms with van der Waals surface area (Å²) >= 11 is 5.75. The molecule has 92 valence electrons. The molecule has 1 aromatic heterocycles. The summed E-state index contributed by atoms with van der Waals surface area (Å²) in [4.78, 5) is 22.1. The lowest BCUT2D eigenvalue weighted by atomic mass is 10.1. The standard InChI is InChI=1S/C12H16ClN3O/c1-9-5-3-2-4-6-16(9)12(17)10-7-14-8-11(13)15-10/h7-9H,2-6H2,1H3. The van der Waals surface area contributed by atoms with Gasteiger partial charge in [0.15, 0.2) is 0 Å². The second-order valence-corrected chi connectivity index (χ2v) is 4.81. The first kappa shape index (κ1) is 12.3. The maximum absolute atomic E-state index is 12.3. The molecule has 0 radical (unpaired) electrons. The Morgan fingerprint density at radius 3 is 3.00 bits per heavy atom. The van der Waals surface area contributed by atoms with E-state index < -0.39 is 0 Å². The van der Waals surface area contributed by atoms with Crippen molar-refractivity contribution in [1.29, 1.82) is 0 Å². The van der Waals surface area contributed by atoms with Crippen molar-refractivity contribution in [2.24, 2.45) is 0 Å². The van der Waals surface area contributed by atoms with Crippen molar-refractivity contribution < 1.29 is 4.79 Å². The van der Waals surface area contributed by atoms with E-state index in [1.807, 2.05) is 4.90 Å². The summed E-state index contributed by atoms with van der Waals surface area (Å²) in [6.07, 6.45) is 7.40. The summed E-state index contributed by atoms with van der Waals surface area (Å²) in [5.41, 5.74) is 0.339. The molecular weight excluding hydrogens is 238 g/mol. The third kappa shape index (κ3) is 2.94. The second-order valence-electron chi connectivity index (χ2n) is 4.42. The van der Waals surface area contributed by atoms with Gasteiger partial charge >= 0.3 is 0 Å². The van der Waals surface area contributed by atoms with Crippen molar-refractivity contribution in [3.8, 4) is 0 Å². The fourth-order valence-corrected chi connectivity index (χ4v) is 2.32. The lowest BCUT2D eigenvalue weighted by Crippen LogP contribution is -2.38. The summed E-state index contributed by atoms with van der Waals surface area (Å²) in [7, 11) is 0. The van der Waals surface area contributed by atoms with Gasteiger partial charge in [-0.15, -0.1) is 0 Å². The number of nitrogens with zero attached hydrogens (tertiary/aromatic N) is 3. The molecule has 1 aliphatic rings. The Morgan fingerprint density at radius 1 is 1.41 bits per heavy atom. The van der Waals surface area contributed by atoms with Crippen LogP contribution in [0.5, 0.6) is 0 Å². The summed E-state index contributed by atoms with van der Waals surface area (Å²) in [6, 6.07) is 0.269. The van der Waals surface area contributed by atoms with Crippen molar-refractivity contribution in [2.75, 3.05) is 6.54 Å². The van der Waals surface area contributed by atoms with Gasteiger partial charge in [0.1, 0.15) is 10.8 Å². The van der Waals surface area contributed by atoms with Crippen molar-refractivity contribution in [1.82, 2.24) is 14.9 Å². The molecule has 5 heteroatoms. The fourth-order valence-electron chi connectivity index (χ4n) is 2.17. The second kappa shape index (κ2) is 5.45. The molecule has 0 aromatic carbocycles. The predicted molar refractivity (Wildman–Crippen MR) is 66.0 cm³/mol. The highest BCUT2D eigenvalue weighted by Gasteiger charge is 2.24. The normalized spacial score (nSPS) is 21.1. The van der Waals surface area contributed by atoms with Crippen LogP contribution in [0.1, 0.15) is 43.1 Å². The number of likely N-dealkylation sites (tertiary alicyclic amines) is 1. The molecule has 0 spiro atoms. The Morgan fingerprint density at radius 2 is 2.24 bits per heavy atom. The number of hydrogen-bond acceptors (Lipinski definition) is 3. The number of amides is 1. The van der Waals surface area contributed by atoms with E-state index in [2.05, 4.69) is 16.9 Å². The summed E-state index contributed by atoms with van der Waals surface area (Å²) in [5, 5.41) is 0.262. The van der Waals surface area contributed by atoms with Gasteiger partial charge < -0.3 is 4.90 Å². The van der Waals surface area contributed by atoms with E-state index in [1.54, 1.807) is 0 Å². The average Bonchev–Trinajstić information content (AvgIpc) is 2.53. The largest absolute Gasteiger partial charge is 0.335 e. The highest BCUT2D eigenvalue weighted by molar-refractivity contribution is 6.29. The van der Waals surface area contributed by atoms with Gasteiger partial charge in [0, 0.05) is 12.6 Å². The topological polar surface area (TPSA) is 46.1 Å². The monoisotopic (exact) mass is 253 g/mol.